The minimum Gasteiger partial charge on any atom is -0.0654 e. The molecule has 20 heavy (non-hydrogen) atoms. The van der Waals surface area contributed by atoms with Gasteiger partial charge >= 0.3 is 0 Å². The third kappa shape index (κ3) is 6.59. The number of hydrogen-bond donors (Lipinski definition) is 0. The first-order valence-electron chi connectivity index (χ1n) is 8.90. The molecule has 0 saturated heterocycles. The third-order valence-corrected chi connectivity index (χ3v) is 4.42. The third-order valence-electron chi connectivity index (χ3n) is 4.42. The van der Waals surface area contributed by atoms with Gasteiger partial charge in [0.15, 0.2) is 0 Å². The van der Waals surface area contributed by atoms with Crippen LogP contribution in [0.1, 0.15) is 95.6 Å². The highest BCUT2D eigenvalue weighted by Crippen LogP contribution is 2.28. The normalized spacial score (nSPS) is 12.6. The van der Waals surface area contributed by atoms with Crippen molar-refractivity contribution < 1.29 is 0 Å². The molecule has 0 heteroatoms. The van der Waals surface area contributed by atoms with Gasteiger partial charge in [-0.05, 0) is 36.3 Å². The summed E-state index contributed by atoms with van der Waals surface area (Å²) >= 11 is 0. The molecule has 1 aromatic rings. The molecule has 0 aliphatic heterocycles. The summed E-state index contributed by atoms with van der Waals surface area (Å²) < 4.78 is 0. The van der Waals surface area contributed by atoms with Gasteiger partial charge in [0.25, 0.3) is 0 Å². The van der Waals surface area contributed by atoms with Crippen LogP contribution in [0.4, 0.5) is 0 Å². The Morgan fingerprint density at radius 2 is 1.30 bits per heavy atom. The number of benzene rings is 1. The van der Waals surface area contributed by atoms with Gasteiger partial charge in [-0.15, -0.1) is 0 Å². The first kappa shape index (κ1) is 17.3. The van der Waals surface area contributed by atoms with E-state index in [1.807, 2.05) is 0 Å². The molecule has 1 unspecified atom stereocenters. The van der Waals surface area contributed by atoms with Gasteiger partial charge in [-0.2, -0.15) is 0 Å². The maximum absolute atomic E-state index is 2.38. The van der Waals surface area contributed by atoms with Crippen molar-refractivity contribution in [2.45, 2.75) is 90.9 Å². The molecule has 0 bridgehead atoms. The van der Waals surface area contributed by atoms with Crippen LogP contribution in [-0.4, -0.2) is 0 Å². The highest BCUT2D eigenvalue weighted by atomic mass is 14.2. The molecule has 0 radical (unpaired) electrons. The number of hydrogen-bond acceptors (Lipinski definition) is 0. The Balaban J connectivity index is 2.48. The van der Waals surface area contributed by atoms with Crippen molar-refractivity contribution in [2.24, 2.45) is 0 Å². The molecular formula is C20H34. The Bertz CT molecular complexity index is 322. The quantitative estimate of drug-likeness (QED) is 0.386. The van der Waals surface area contributed by atoms with E-state index in [1.54, 1.807) is 5.56 Å². The second kappa shape index (κ2) is 10.9. The lowest BCUT2D eigenvalue weighted by atomic mass is 9.88. The molecule has 0 saturated carbocycles. The Morgan fingerprint density at radius 3 is 1.90 bits per heavy atom. The number of aryl methyl sites for hydroxylation is 1. The topological polar surface area (TPSA) is 0 Å². The summed E-state index contributed by atoms with van der Waals surface area (Å²) in [7, 11) is 0. The molecule has 0 aliphatic rings. The second-order valence-electron chi connectivity index (χ2n) is 6.14. The molecule has 114 valence electrons. The molecule has 0 amide bonds. The lowest BCUT2D eigenvalue weighted by molar-refractivity contribution is 0.504. The Labute approximate surface area is 127 Å². The van der Waals surface area contributed by atoms with Crippen LogP contribution in [0.3, 0.4) is 0 Å². The molecule has 1 atom stereocenters. The Morgan fingerprint density at radius 1 is 0.700 bits per heavy atom. The van der Waals surface area contributed by atoms with Crippen LogP contribution in [0.2, 0.25) is 0 Å². The van der Waals surface area contributed by atoms with E-state index in [0.29, 0.717) is 0 Å². The van der Waals surface area contributed by atoms with Gasteiger partial charge in [-0.3, -0.25) is 0 Å². The van der Waals surface area contributed by atoms with Crippen LogP contribution >= 0.6 is 0 Å². The largest absolute Gasteiger partial charge is 0.0654 e. The predicted molar refractivity (Wildman–Crippen MR) is 91.5 cm³/mol. The van der Waals surface area contributed by atoms with Crippen molar-refractivity contribution in [1.82, 2.24) is 0 Å². The van der Waals surface area contributed by atoms with Gasteiger partial charge in [-0.25, -0.2) is 0 Å². The first-order valence-corrected chi connectivity index (χ1v) is 8.90. The van der Waals surface area contributed by atoms with Crippen molar-refractivity contribution in [1.29, 1.82) is 0 Å². The monoisotopic (exact) mass is 274 g/mol. The van der Waals surface area contributed by atoms with Crippen LogP contribution in [0.5, 0.6) is 0 Å². The molecule has 1 aromatic carbocycles. The SMILES string of the molecule is CCCCCCCC(CCCC)c1ccc(CC)cc1. The summed E-state index contributed by atoms with van der Waals surface area (Å²) in [6.07, 6.45) is 13.6. The smallest absolute Gasteiger partial charge is 0.0162 e. The van der Waals surface area contributed by atoms with Gasteiger partial charge in [0.05, 0.1) is 0 Å². The summed E-state index contributed by atoms with van der Waals surface area (Å²) in [6.45, 7) is 6.83. The molecule has 0 fully saturated rings. The molecule has 0 aliphatic carbocycles. The van der Waals surface area contributed by atoms with E-state index in [9.17, 15) is 0 Å². The first-order chi connectivity index (χ1) is 9.81. The van der Waals surface area contributed by atoms with Crippen LogP contribution in [0.15, 0.2) is 24.3 Å². The van der Waals surface area contributed by atoms with E-state index in [-0.39, 0.29) is 0 Å². The zero-order chi connectivity index (χ0) is 14.6. The van der Waals surface area contributed by atoms with E-state index >= 15 is 0 Å². The van der Waals surface area contributed by atoms with Crippen molar-refractivity contribution in [3.8, 4) is 0 Å². The molecule has 1 rings (SSSR count). The van der Waals surface area contributed by atoms with Gasteiger partial charge in [0, 0.05) is 0 Å². The molecular weight excluding hydrogens is 240 g/mol. The van der Waals surface area contributed by atoms with Gasteiger partial charge in [0.1, 0.15) is 0 Å². The van der Waals surface area contributed by atoms with Crippen molar-refractivity contribution >= 4 is 0 Å². The number of rotatable bonds is 11. The molecule has 0 nitrogen and oxygen atoms in total. The van der Waals surface area contributed by atoms with Crippen LogP contribution < -0.4 is 0 Å². The van der Waals surface area contributed by atoms with E-state index in [4.69, 9.17) is 0 Å². The summed E-state index contributed by atoms with van der Waals surface area (Å²) in [6, 6.07) is 9.41. The molecule has 0 aromatic heterocycles. The van der Waals surface area contributed by atoms with E-state index in [2.05, 4.69) is 45.0 Å². The van der Waals surface area contributed by atoms with Crippen molar-refractivity contribution in [2.75, 3.05) is 0 Å². The van der Waals surface area contributed by atoms with Crippen molar-refractivity contribution in [3.05, 3.63) is 35.4 Å². The fraction of sp³-hybridized carbons (Fsp3) is 0.700. The van der Waals surface area contributed by atoms with Gasteiger partial charge in [-0.1, -0.05) is 90.0 Å². The lowest BCUT2D eigenvalue weighted by Crippen LogP contribution is -2.00. The van der Waals surface area contributed by atoms with Crippen molar-refractivity contribution in [3.63, 3.8) is 0 Å². The summed E-state index contributed by atoms with van der Waals surface area (Å²) in [4.78, 5) is 0. The lowest BCUT2D eigenvalue weighted by Gasteiger charge is -2.17. The molecule has 0 N–H and O–H groups in total. The highest BCUT2D eigenvalue weighted by molar-refractivity contribution is 5.25. The Kier molecular flexibility index (Phi) is 9.45. The molecule has 0 spiro atoms. The van der Waals surface area contributed by atoms with Crippen LogP contribution in [0.25, 0.3) is 0 Å². The zero-order valence-electron chi connectivity index (χ0n) is 14.0. The minimum atomic E-state index is 0.794. The standard InChI is InChI=1S/C20H34/c1-4-7-9-10-11-13-19(12-8-5-2)20-16-14-18(6-3)15-17-20/h14-17,19H,4-13H2,1-3H3. The predicted octanol–water partition coefficient (Wildman–Crippen LogP) is 6.88. The van der Waals surface area contributed by atoms with E-state index in [1.165, 1.54) is 63.4 Å². The average Bonchev–Trinajstić information content (AvgIpc) is 2.50. The Hall–Kier alpha value is -0.780. The second-order valence-corrected chi connectivity index (χ2v) is 6.14. The van der Waals surface area contributed by atoms with E-state index in [0.717, 1.165) is 12.3 Å². The summed E-state index contributed by atoms with van der Waals surface area (Å²) in [5.74, 6) is 0.794. The fourth-order valence-electron chi connectivity index (χ4n) is 2.95. The van der Waals surface area contributed by atoms with Crippen LogP contribution in [0, 0.1) is 0 Å². The van der Waals surface area contributed by atoms with Gasteiger partial charge in [0.2, 0.25) is 0 Å². The zero-order valence-corrected chi connectivity index (χ0v) is 14.0. The number of unbranched alkanes of at least 4 members (excludes halogenated alkanes) is 5. The minimum absolute atomic E-state index is 0.794. The van der Waals surface area contributed by atoms with Crippen LogP contribution in [-0.2, 0) is 6.42 Å². The maximum atomic E-state index is 2.38. The fourth-order valence-corrected chi connectivity index (χ4v) is 2.95. The summed E-state index contributed by atoms with van der Waals surface area (Å²) in [5, 5.41) is 0. The van der Waals surface area contributed by atoms with E-state index < -0.39 is 0 Å². The van der Waals surface area contributed by atoms with Gasteiger partial charge < -0.3 is 0 Å². The molecule has 0 heterocycles. The maximum Gasteiger partial charge on any atom is -0.0162 e. The highest BCUT2D eigenvalue weighted by Gasteiger charge is 2.10. The average molecular weight is 274 g/mol. The summed E-state index contributed by atoms with van der Waals surface area (Å²) in [5.41, 5.74) is 3.04.